The second-order valence-corrected chi connectivity index (χ2v) is 7.36. The minimum absolute atomic E-state index is 0.0786. The van der Waals surface area contributed by atoms with Crippen LogP contribution in [0, 0.1) is 0 Å². The van der Waals surface area contributed by atoms with Crippen LogP contribution < -0.4 is 19.7 Å². The summed E-state index contributed by atoms with van der Waals surface area (Å²) >= 11 is 5.97. The van der Waals surface area contributed by atoms with E-state index in [4.69, 9.17) is 21.1 Å². The molecule has 9 heteroatoms. The summed E-state index contributed by atoms with van der Waals surface area (Å²) in [6.45, 7) is 3.02. The van der Waals surface area contributed by atoms with Crippen molar-refractivity contribution >= 4 is 29.1 Å². The van der Waals surface area contributed by atoms with Gasteiger partial charge < -0.3 is 24.6 Å². The first-order valence-electron chi connectivity index (χ1n) is 9.51. The number of quaternary nitrogens is 1. The summed E-state index contributed by atoms with van der Waals surface area (Å²) in [6, 6.07) is 10.8. The molecule has 152 valence electrons. The lowest BCUT2D eigenvalue weighted by Gasteiger charge is -2.35. The van der Waals surface area contributed by atoms with Crippen LogP contribution in [0.2, 0.25) is 5.15 Å². The summed E-state index contributed by atoms with van der Waals surface area (Å²) in [7, 11) is 0. The molecule has 2 aromatic rings. The van der Waals surface area contributed by atoms with Crippen molar-refractivity contribution < 1.29 is 24.0 Å². The van der Waals surface area contributed by atoms with Crippen molar-refractivity contribution in [3.63, 3.8) is 0 Å². The number of benzene rings is 1. The third-order valence-corrected chi connectivity index (χ3v) is 5.31. The van der Waals surface area contributed by atoms with Crippen LogP contribution in [0.15, 0.2) is 42.6 Å². The van der Waals surface area contributed by atoms with Gasteiger partial charge in [-0.2, -0.15) is 0 Å². The number of carbonyl (C=O) groups excluding carboxylic acids is 2. The van der Waals surface area contributed by atoms with E-state index in [0.717, 1.165) is 4.90 Å². The van der Waals surface area contributed by atoms with E-state index in [0.29, 0.717) is 49.9 Å². The van der Waals surface area contributed by atoms with Crippen LogP contribution in [0.3, 0.4) is 0 Å². The Kier molecular flexibility index (Phi) is 5.82. The maximum atomic E-state index is 12.8. The number of hydrogen-bond acceptors (Lipinski definition) is 5. The van der Waals surface area contributed by atoms with E-state index >= 15 is 0 Å². The molecule has 2 N–H and O–H groups in total. The molecule has 0 radical (unpaired) electrons. The van der Waals surface area contributed by atoms with Crippen molar-refractivity contribution in [1.82, 2.24) is 9.88 Å². The van der Waals surface area contributed by atoms with E-state index in [1.54, 1.807) is 29.3 Å². The normalized spacial score (nSPS) is 18.9. The number of fused-ring (bicyclic) bond motifs is 1. The molecule has 29 heavy (non-hydrogen) atoms. The number of para-hydroxylation sites is 2. The minimum atomic E-state index is -0.637. The molecular weight excluding hydrogens is 396 g/mol. The Balaban J connectivity index is 1.26. The molecule has 1 fully saturated rings. The number of ether oxygens (including phenoxy) is 2. The van der Waals surface area contributed by atoms with Crippen LogP contribution in [-0.2, 0) is 9.59 Å². The number of rotatable bonds is 4. The van der Waals surface area contributed by atoms with Gasteiger partial charge in [0.15, 0.2) is 23.2 Å². The van der Waals surface area contributed by atoms with E-state index in [1.807, 2.05) is 18.2 Å². The zero-order valence-electron chi connectivity index (χ0n) is 15.8. The summed E-state index contributed by atoms with van der Waals surface area (Å²) in [5.41, 5.74) is 0.502. The molecule has 0 spiro atoms. The van der Waals surface area contributed by atoms with Gasteiger partial charge in [-0.25, -0.2) is 4.98 Å². The fourth-order valence-electron chi connectivity index (χ4n) is 3.47. The summed E-state index contributed by atoms with van der Waals surface area (Å²) < 4.78 is 11.5. The Hall–Kier alpha value is -2.84. The monoisotopic (exact) mass is 417 g/mol. The summed E-state index contributed by atoms with van der Waals surface area (Å²) in [6.07, 6.45) is 0.932. The lowest BCUT2D eigenvalue weighted by molar-refractivity contribution is -0.895. The molecule has 3 heterocycles. The van der Waals surface area contributed by atoms with Gasteiger partial charge in [0.1, 0.15) is 6.61 Å². The number of piperazine rings is 1. The van der Waals surface area contributed by atoms with Crippen LogP contribution in [0.4, 0.5) is 5.69 Å². The number of anilines is 1. The largest absolute Gasteiger partial charge is 0.485 e. The van der Waals surface area contributed by atoms with Crippen molar-refractivity contribution in [2.75, 3.05) is 44.6 Å². The van der Waals surface area contributed by atoms with Gasteiger partial charge in [0.05, 0.1) is 31.9 Å². The lowest BCUT2D eigenvalue weighted by atomic mass is 10.2. The molecule has 2 aliphatic rings. The Morgan fingerprint density at radius 2 is 1.93 bits per heavy atom. The van der Waals surface area contributed by atoms with Crippen molar-refractivity contribution in [2.45, 2.75) is 6.10 Å². The van der Waals surface area contributed by atoms with E-state index in [2.05, 4.69) is 10.3 Å². The molecular formula is C20H22ClN4O4+. The van der Waals surface area contributed by atoms with Gasteiger partial charge in [0.25, 0.3) is 11.8 Å². The highest BCUT2D eigenvalue weighted by atomic mass is 35.5. The van der Waals surface area contributed by atoms with Gasteiger partial charge in [0.2, 0.25) is 6.10 Å². The van der Waals surface area contributed by atoms with E-state index in [1.165, 1.54) is 0 Å². The topological polar surface area (TPSA) is 85.2 Å². The second-order valence-electron chi connectivity index (χ2n) is 7.01. The number of nitrogens with one attached hydrogen (secondary N) is 2. The average Bonchev–Trinajstić information content (AvgIpc) is 2.75. The first-order chi connectivity index (χ1) is 14.1. The number of amides is 2. The highest BCUT2D eigenvalue weighted by Gasteiger charge is 2.34. The predicted molar refractivity (Wildman–Crippen MR) is 106 cm³/mol. The molecule has 2 aliphatic heterocycles. The molecule has 4 rings (SSSR count). The smallest absolute Gasteiger partial charge is 0.279 e. The third-order valence-electron chi connectivity index (χ3n) is 5.01. The second kappa shape index (κ2) is 8.67. The van der Waals surface area contributed by atoms with Crippen LogP contribution in [-0.4, -0.2) is 67.1 Å². The van der Waals surface area contributed by atoms with Crippen molar-refractivity contribution in [2.24, 2.45) is 0 Å². The maximum Gasteiger partial charge on any atom is 0.279 e. The Morgan fingerprint density at radius 3 is 2.69 bits per heavy atom. The summed E-state index contributed by atoms with van der Waals surface area (Å²) in [4.78, 5) is 31.9. The quantitative estimate of drug-likeness (QED) is 0.696. The lowest BCUT2D eigenvalue weighted by Crippen LogP contribution is -3.15. The first kappa shape index (κ1) is 19.5. The molecule has 1 saturated heterocycles. The highest BCUT2D eigenvalue weighted by Crippen LogP contribution is 2.31. The molecule has 1 atom stereocenters. The SMILES string of the molecule is O=C(C[NH+]1CCN(C(=O)[C@H]2COc3ccccc3O2)CC1)Nc1cccnc1Cl. The van der Waals surface area contributed by atoms with Gasteiger partial charge in [-0.05, 0) is 24.3 Å². The molecule has 2 amide bonds. The molecule has 8 nitrogen and oxygen atoms in total. The Bertz CT molecular complexity index is 902. The number of pyridine rings is 1. The molecule has 0 aliphatic carbocycles. The summed E-state index contributed by atoms with van der Waals surface area (Å²) in [5, 5.41) is 3.05. The summed E-state index contributed by atoms with van der Waals surface area (Å²) in [5.74, 6) is 1.04. The predicted octanol–water partition coefficient (Wildman–Crippen LogP) is 0.241. The Labute approximate surface area is 173 Å². The highest BCUT2D eigenvalue weighted by molar-refractivity contribution is 6.32. The molecule has 0 saturated carbocycles. The number of carbonyl (C=O) groups is 2. The van der Waals surface area contributed by atoms with Gasteiger partial charge >= 0.3 is 0 Å². The molecule has 1 aromatic carbocycles. The fourth-order valence-corrected chi connectivity index (χ4v) is 3.63. The van der Waals surface area contributed by atoms with Crippen molar-refractivity contribution in [3.05, 3.63) is 47.7 Å². The minimum Gasteiger partial charge on any atom is -0.485 e. The fraction of sp³-hybridized carbons (Fsp3) is 0.350. The molecule has 0 unspecified atom stereocenters. The van der Waals surface area contributed by atoms with Crippen LogP contribution in [0.25, 0.3) is 0 Å². The van der Waals surface area contributed by atoms with Crippen LogP contribution >= 0.6 is 11.6 Å². The number of nitrogens with zero attached hydrogens (tertiary/aromatic N) is 2. The molecule has 0 bridgehead atoms. The Morgan fingerprint density at radius 1 is 1.17 bits per heavy atom. The zero-order valence-corrected chi connectivity index (χ0v) is 16.5. The number of aromatic nitrogens is 1. The van der Waals surface area contributed by atoms with E-state index < -0.39 is 6.10 Å². The first-order valence-corrected chi connectivity index (χ1v) is 9.89. The third kappa shape index (κ3) is 4.60. The van der Waals surface area contributed by atoms with E-state index in [-0.39, 0.29) is 23.6 Å². The number of halogens is 1. The van der Waals surface area contributed by atoms with Gasteiger partial charge in [-0.15, -0.1) is 0 Å². The van der Waals surface area contributed by atoms with Gasteiger partial charge in [0, 0.05) is 6.20 Å². The van der Waals surface area contributed by atoms with Crippen molar-refractivity contribution in [3.8, 4) is 11.5 Å². The van der Waals surface area contributed by atoms with Crippen LogP contribution in [0.1, 0.15) is 0 Å². The standard InChI is InChI=1S/C20H21ClN4O4/c21-19-14(4-3-7-22-19)23-18(26)12-24-8-10-25(11-9-24)20(27)17-13-28-15-5-1-2-6-16(15)29-17/h1-7,17H,8-13H2,(H,23,26)/p+1/t17-/m1/s1. The molecule has 1 aromatic heterocycles. The van der Waals surface area contributed by atoms with Crippen molar-refractivity contribution in [1.29, 1.82) is 0 Å². The zero-order chi connectivity index (χ0) is 20.2. The maximum absolute atomic E-state index is 12.8. The van der Waals surface area contributed by atoms with E-state index in [9.17, 15) is 9.59 Å². The van der Waals surface area contributed by atoms with Crippen LogP contribution in [0.5, 0.6) is 11.5 Å². The van der Waals surface area contributed by atoms with Gasteiger partial charge in [-0.3, -0.25) is 9.59 Å². The number of hydrogen-bond donors (Lipinski definition) is 2. The van der Waals surface area contributed by atoms with Gasteiger partial charge in [-0.1, -0.05) is 23.7 Å². The average molecular weight is 418 g/mol.